The Labute approximate surface area is 127 Å². The fourth-order valence-corrected chi connectivity index (χ4v) is 2.04. The van der Waals surface area contributed by atoms with Crippen LogP contribution in [0.15, 0.2) is 54.6 Å². The molecule has 2 aromatic rings. The fraction of sp³-hybridized carbons (Fsp3) is 0.368. The lowest BCUT2D eigenvalue weighted by Gasteiger charge is -2.09. The van der Waals surface area contributed by atoms with E-state index in [-0.39, 0.29) is 0 Å². The molecule has 0 aliphatic carbocycles. The quantitative estimate of drug-likeness (QED) is 0.652. The molecule has 0 amide bonds. The van der Waals surface area contributed by atoms with Crippen molar-refractivity contribution in [2.75, 3.05) is 13.2 Å². The molecule has 0 aliphatic heterocycles. The molecule has 2 rings (SSSR count). The second-order valence-electron chi connectivity index (χ2n) is 5.59. The molecule has 0 aliphatic rings. The summed E-state index contributed by atoms with van der Waals surface area (Å²) >= 11 is 0. The van der Waals surface area contributed by atoms with Crippen molar-refractivity contribution in [2.24, 2.45) is 5.92 Å². The molecule has 2 aromatic carbocycles. The molecule has 0 fully saturated rings. The summed E-state index contributed by atoms with van der Waals surface area (Å²) in [4.78, 5) is 0. The van der Waals surface area contributed by atoms with Crippen LogP contribution in [0.25, 0.3) is 0 Å². The highest BCUT2D eigenvalue weighted by Crippen LogP contribution is 2.15. The lowest BCUT2D eigenvalue weighted by molar-refractivity contribution is 0.217. The SMILES string of the molecule is CC(C)CCc1ccc(OCCOc2ccccc2)cc1. The van der Waals surface area contributed by atoms with E-state index in [4.69, 9.17) is 9.47 Å². The van der Waals surface area contributed by atoms with Crippen molar-refractivity contribution in [3.63, 3.8) is 0 Å². The summed E-state index contributed by atoms with van der Waals surface area (Å²) in [6, 6.07) is 18.2. The van der Waals surface area contributed by atoms with Crippen LogP contribution in [-0.2, 0) is 6.42 Å². The van der Waals surface area contributed by atoms with Crippen molar-refractivity contribution < 1.29 is 9.47 Å². The molecule has 0 unspecified atom stereocenters. The molecule has 0 radical (unpaired) electrons. The zero-order valence-electron chi connectivity index (χ0n) is 12.9. The molecule has 2 nitrogen and oxygen atoms in total. The molecule has 0 spiro atoms. The van der Waals surface area contributed by atoms with Crippen molar-refractivity contribution >= 4 is 0 Å². The van der Waals surface area contributed by atoms with Gasteiger partial charge in [-0.3, -0.25) is 0 Å². The number of hydrogen-bond donors (Lipinski definition) is 0. The average Bonchev–Trinajstić information content (AvgIpc) is 2.52. The van der Waals surface area contributed by atoms with E-state index in [1.165, 1.54) is 12.0 Å². The fourth-order valence-electron chi connectivity index (χ4n) is 2.04. The molecule has 0 aromatic heterocycles. The molecular formula is C19H24O2. The largest absolute Gasteiger partial charge is 0.490 e. The van der Waals surface area contributed by atoms with Crippen molar-refractivity contribution in [1.82, 2.24) is 0 Å². The van der Waals surface area contributed by atoms with Crippen molar-refractivity contribution in [3.05, 3.63) is 60.2 Å². The van der Waals surface area contributed by atoms with Crippen molar-refractivity contribution in [1.29, 1.82) is 0 Å². The predicted octanol–water partition coefficient (Wildman–Crippen LogP) is 4.73. The van der Waals surface area contributed by atoms with Gasteiger partial charge in [0.15, 0.2) is 0 Å². The number of benzene rings is 2. The summed E-state index contributed by atoms with van der Waals surface area (Å²) in [5, 5.41) is 0. The number of ether oxygens (including phenoxy) is 2. The minimum atomic E-state index is 0.555. The first kappa shape index (κ1) is 15.4. The van der Waals surface area contributed by atoms with Crippen LogP contribution in [0.5, 0.6) is 11.5 Å². The van der Waals surface area contributed by atoms with Crippen LogP contribution in [0.3, 0.4) is 0 Å². The molecule has 0 saturated heterocycles. The number of aryl methyl sites for hydroxylation is 1. The minimum absolute atomic E-state index is 0.555. The van der Waals surface area contributed by atoms with Crippen LogP contribution in [0.1, 0.15) is 25.8 Å². The highest BCUT2D eigenvalue weighted by molar-refractivity contribution is 5.27. The Bertz CT molecular complexity index is 503. The van der Waals surface area contributed by atoms with Gasteiger partial charge in [0.1, 0.15) is 24.7 Å². The summed E-state index contributed by atoms with van der Waals surface area (Å²) in [5.41, 5.74) is 1.37. The molecule has 0 heterocycles. The molecule has 21 heavy (non-hydrogen) atoms. The van der Waals surface area contributed by atoms with E-state index >= 15 is 0 Å². The molecule has 0 saturated carbocycles. The van der Waals surface area contributed by atoms with Crippen molar-refractivity contribution in [2.45, 2.75) is 26.7 Å². The zero-order valence-corrected chi connectivity index (χ0v) is 12.9. The summed E-state index contributed by atoms with van der Waals surface area (Å²) in [5.74, 6) is 2.53. The second-order valence-corrected chi connectivity index (χ2v) is 5.59. The van der Waals surface area contributed by atoms with Crippen LogP contribution in [0.4, 0.5) is 0 Å². The lowest BCUT2D eigenvalue weighted by Crippen LogP contribution is -2.08. The first-order chi connectivity index (χ1) is 10.2. The standard InChI is InChI=1S/C19H24O2/c1-16(2)8-9-17-10-12-19(13-11-17)21-15-14-20-18-6-4-3-5-7-18/h3-7,10-13,16H,8-9,14-15H2,1-2H3. The molecule has 0 atom stereocenters. The molecule has 0 bridgehead atoms. The van der Waals surface area contributed by atoms with E-state index in [1.54, 1.807) is 0 Å². The molecule has 112 valence electrons. The Morgan fingerprint density at radius 2 is 1.33 bits per heavy atom. The van der Waals surface area contributed by atoms with Crippen LogP contribution in [0.2, 0.25) is 0 Å². The van der Waals surface area contributed by atoms with E-state index in [2.05, 4.69) is 26.0 Å². The Morgan fingerprint density at radius 1 is 0.762 bits per heavy atom. The average molecular weight is 284 g/mol. The highest BCUT2D eigenvalue weighted by Gasteiger charge is 1.99. The van der Waals surface area contributed by atoms with Gasteiger partial charge in [0, 0.05) is 0 Å². The first-order valence-electron chi connectivity index (χ1n) is 7.63. The monoisotopic (exact) mass is 284 g/mol. The summed E-state index contributed by atoms with van der Waals surface area (Å²) in [6.45, 7) is 5.62. The maximum Gasteiger partial charge on any atom is 0.122 e. The maximum atomic E-state index is 5.68. The normalized spacial score (nSPS) is 10.6. The Kier molecular flexibility index (Phi) is 6.14. The third-order valence-corrected chi connectivity index (χ3v) is 3.30. The summed E-state index contributed by atoms with van der Waals surface area (Å²) < 4.78 is 11.3. The van der Waals surface area contributed by atoms with E-state index in [0.717, 1.165) is 23.8 Å². The van der Waals surface area contributed by atoms with Crippen LogP contribution in [0, 0.1) is 5.92 Å². The molecule has 2 heteroatoms. The van der Waals surface area contributed by atoms with Gasteiger partial charge in [0.05, 0.1) is 0 Å². The Morgan fingerprint density at radius 3 is 1.90 bits per heavy atom. The van der Waals surface area contributed by atoms with Gasteiger partial charge >= 0.3 is 0 Å². The van der Waals surface area contributed by atoms with Gasteiger partial charge in [0.25, 0.3) is 0 Å². The molecule has 0 N–H and O–H groups in total. The minimum Gasteiger partial charge on any atom is -0.490 e. The van der Waals surface area contributed by atoms with E-state index < -0.39 is 0 Å². The predicted molar refractivity (Wildman–Crippen MR) is 87.0 cm³/mol. The Hall–Kier alpha value is -1.96. The van der Waals surface area contributed by atoms with Gasteiger partial charge in [-0.25, -0.2) is 0 Å². The number of rotatable bonds is 8. The van der Waals surface area contributed by atoms with Gasteiger partial charge in [-0.05, 0) is 48.6 Å². The smallest absolute Gasteiger partial charge is 0.122 e. The third-order valence-electron chi connectivity index (χ3n) is 3.30. The van der Waals surface area contributed by atoms with E-state index in [9.17, 15) is 0 Å². The van der Waals surface area contributed by atoms with Crippen LogP contribution >= 0.6 is 0 Å². The van der Waals surface area contributed by atoms with E-state index in [1.807, 2.05) is 42.5 Å². The van der Waals surface area contributed by atoms with Gasteiger partial charge in [-0.1, -0.05) is 44.2 Å². The maximum absolute atomic E-state index is 5.68. The Balaban J connectivity index is 1.69. The van der Waals surface area contributed by atoms with Gasteiger partial charge in [-0.15, -0.1) is 0 Å². The van der Waals surface area contributed by atoms with Crippen molar-refractivity contribution in [3.8, 4) is 11.5 Å². The van der Waals surface area contributed by atoms with Crippen LogP contribution < -0.4 is 9.47 Å². The molecular weight excluding hydrogens is 260 g/mol. The highest BCUT2D eigenvalue weighted by atomic mass is 16.5. The number of para-hydroxylation sites is 1. The van der Waals surface area contributed by atoms with Gasteiger partial charge < -0.3 is 9.47 Å². The van der Waals surface area contributed by atoms with Gasteiger partial charge in [0.2, 0.25) is 0 Å². The van der Waals surface area contributed by atoms with E-state index in [0.29, 0.717) is 13.2 Å². The zero-order chi connectivity index (χ0) is 14.9. The summed E-state index contributed by atoms with van der Waals surface area (Å²) in [6.07, 6.45) is 2.36. The third kappa shape index (κ3) is 5.90. The van der Waals surface area contributed by atoms with Crippen LogP contribution in [-0.4, -0.2) is 13.2 Å². The topological polar surface area (TPSA) is 18.5 Å². The first-order valence-corrected chi connectivity index (χ1v) is 7.63. The summed E-state index contributed by atoms with van der Waals surface area (Å²) in [7, 11) is 0. The van der Waals surface area contributed by atoms with Gasteiger partial charge in [-0.2, -0.15) is 0 Å². The lowest BCUT2D eigenvalue weighted by atomic mass is 10.0. The number of hydrogen-bond acceptors (Lipinski definition) is 2. The second kappa shape index (κ2) is 8.35.